The lowest BCUT2D eigenvalue weighted by molar-refractivity contribution is -0.119. The highest BCUT2D eigenvalue weighted by atomic mass is 16.3. The molecule has 2 bridgehead atoms. The molecule has 2 aliphatic rings. The van der Waals surface area contributed by atoms with Crippen LogP contribution in [0.1, 0.15) is 50.2 Å². The summed E-state index contributed by atoms with van der Waals surface area (Å²) in [6, 6.07) is 8.10. The Bertz CT molecular complexity index is 934. The number of aliphatic hydroxyl groups excluding tert-OH is 1. The van der Waals surface area contributed by atoms with Gasteiger partial charge in [0.15, 0.2) is 0 Å². The molecule has 1 aromatic heterocycles. The van der Waals surface area contributed by atoms with Crippen molar-refractivity contribution in [1.29, 1.82) is 0 Å². The van der Waals surface area contributed by atoms with Gasteiger partial charge in [0.1, 0.15) is 5.82 Å². The Labute approximate surface area is 190 Å². The van der Waals surface area contributed by atoms with Crippen LogP contribution in [0.3, 0.4) is 0 Å². The standard InChI is InChI=1S/C25H35N5O2/c1-4-16-8-18-12-21(31)13-19(9-16)23(18)29-24-15(2)14-27-25(30-24)28-20-7-5-6-17(10-20)11-22(32)26-3/h5-7,10,14,16,18-19,21,23,31H,4,8-9,11-13H2,1-3H3,(H,26,32)(H2,27,28,29,30). The van der Waals surface area contributed by atoms with Gasteiger partial charge in [-0.05, 0) is 68.1 Å². The predicted molar refractivity (Wildman–Crippen MR) is 127 cm³/mol. The summed E-state index contributed by atoms with van der Waals surface area (Å²) in [5, 5.41) is 20.0. The summed E-state index contributed by atoms with van der Waals surface area (Å²) in [5.41, 5.74) is 2.80. The Morgan fingerprint density at radius 2 is 1.94 bits per heavy atom. The molecular formula is C25H35N5O2. The third-order valence-corrected chi connectivity index (χ3v) is 7.12. The van der Waals surface area contributed by atoms with Crippen molar-refractivity contribution in [3.8, 4) is 0 Å². The first-order chi connectivity index (χ1) is 15.4. The zero-order valence-corrected chi connectivity index (χ0v) is 19.3. The van der Waals surface area contributed by atoms with Gasteiger partial charge in [-0.2, -0.15) is 4.98 Å². The normalized spacial score (nSPS) is 26.9. The van der Waals surface area contributed by atoms with Crippen molar-refractivity contribution in [2.75, 3.05) is 17.7 Å². The highest BCUT2D eigenvalue weighted by Gasteiger charge is 2.42. The maximum absolute atomic E-state index is 11.7. The number of anilines is 3. The molecule has 0 aliphatic heterocycles. The van der Waals surface area contributed by atoms with E-state index in [9.17, 15) is 9.90 Å². The van der Waals surface area contributed by atoms with E-state index in [1.165, 1.54) is 19.3 Å². The number of likely N-dealkylation sites (N-methyl/N-ethyl adjacent to an activating group) is 1. The first-order valence-corrected chi connectivity index (χ1v) is 11.8. The Morgan fingerprint density at radius 3 is 2.62 bits per heavy atom. The van der Waals surface area contributed by atoms with Crippen molar-refractivity contribution in [3.63, 3.8) is 0 Å². The van der Waals surface area contributed by atoms with Crippen molar-refractivity contribution in [2.45, 2.75) is 64.5 Å². The minimum atomic E-state index is -0.174. The summed E-state index contributed by atoms with van der Waals surface area (Å²) in [5.74, 6) is 3.09. The van der Waals surface area contributed by atoms with Gasteiger partial charge in [-0.15, -0.1) is 0 Å². The number of nitrogens with one attached hydrogen (secondary N) is 3. The van der Waals surface area contributed by atoms with Crippen LogP contribution in [0.15, 0.2) is 30.5 Å². The Balaban J connectivity index is 1.49. The Hall–Kier alpha value is -2.67. The SMILES string of the molecule is CCC1CC2CC(O)CC(C1)C2Nc1nc(Nc2cccc(CC(=O)NC)c2)ncc1C. The van der Waals surface area contributed by atoms with Crippen LogP contribution in [0.2, 0.25) is 0 Å². The quantitative estimate of drug-likeness (QED) is 0.526. The fourth-order valence-corrected chi connectivity index (χ4v) is 5.45. The van der Waals surface area contributed by atoms with E-state index in [0.717, 1.165) is 41.4 Å². The zero-order chi connectivity index (χ0) is 22.7. The number of carbonyl (C=O) groups is 1. The number of aromatic nitrogens is 2. The number of aryl methyl sites for hydroxylation is 1. The number of aliphatic hydroxyl groups is 1. The van der Waals surface area contributed by atoms with Crippen LogP contribution >= 0.6 is 0 Å². The molecule has 7 heteroatoms. The Kier molecular flexibility index (Phi) is 6.94. The molecule has 7 nitrogen and oxygen atoms in total. The molecule has 1 amide bonds. The number of rotatable bonds is 7. The average Bonchev–Trinajstić information content (AvgIpc) is 2.76. The van der Waals surface area contributed by atoms with Crippen LogP contribution in [0.25, 0.3) is 0 Å². The fourth-order valence-electron chi connectivity index (χ4n) is 5.45. The lowest BCUT2D eigenvalue weighted by atomic mass is 9.63. The third-order valence-electron chi connectivity index (χ3n) is 7.12. The van der Waals surface area contributed by atoms with Crippen molar-refractivity contribution in [1.82, 2.24) is 15.3 Å². The first-order valence-electron chi connectivity index (χ1n) is 11.8. The number of amides is 1. The molecule has 4 rings (SSSR count). The summed E-state index contributed by atoms with van der Waals surface area (Å²) < 4.78 is 0. The summed E-state index contributed by atoms with van der Waals surface area (Å²) in [7, 11) is 1.64. The smallest absolute Gasteiger partial charge is 0.229 e. The average molecular weight is 438 g/mol. The van der Waals surface area contributed by atoms with Crippen LogP contribution in [-0.4, -0.2) is 40.2 Å². The van der Waals surface area contributed by atoms with Gasteiger partial charge < -0.3 is 21.1 Å². The number of carbonyl (C=O) groups excluding carboxylic acids is 1. The summed E-state index contributed by atoms with van der Waals surface area (Å²) in [4.78, 5) is 20.9. The van der Waals surface area contributed by atoms with Gasteiger partial charge in [0.05, 0.1) is 12.5 Å². The minimum Gasteiger partial charge on any atom is -0.393 e. The first kappa shape index (κ1) is 22.5. The molecule has 4 N–H and O–H groups in total. The van der Waals surface area contributed by atoms with Crippen LogP contribution in [0.5, 0.6) is 0 Å². The van der Waals surface area contributed by atoms with Gasteiger partial charge in [0, 0.05) is 30.5 Å². The second-order valence-electron chi connectivity index (χ2n) is 9.46. The third kappa shape index (κ3) is 5.21. The zero-order valence-electron chi connectivity index (χ0n) is 19.3. The highest BCUT2D eigenvalue weighted by molar-refractivity contribution is 5.78. The van der Waals surface area contributed by atoms with E-state index in [4.69, 9.17) is 4.98 Å². The topological polar surface area (TPSA) is 99.2 Å². The molecule has 2 fully saturated rings. The number of hydrogen-bond donors (Lipinski definition) is 4. The molecule has 0 radical (unpaired) electrons. The molecule has 2 aliphatic carbocycles. The van der Waals surface area contributed by atoms with Gasteiger partial charge in [-0.25, -0.2) is 4.98 Å². The van der Waals surface area contributed by atoms with Crippen molar-refractivity contribution in [3.05, 3.63) is 41.6 Å². The molecule has 2 atom stereocenters. The van der Waals surface area contributed by atoms with Crippen molar-refractivity contribution in [2.24, 2.45) is 17.8 Å². The molecule has 2 unspecified atom stereocenters. The summed E-state index contributed by atoms with van der Waals surface area (Å²) >= 11 is 0. The number of fused-ring (bicyclic) bond motifs is 2. The predicted octanol–water partition coefficient (Wildman–Crippen LogP) is 3.80. The van der Waals surface area contributed by atoms with Gasteiger partial charge >= 0.3 is 0 Å². The van der Waals surface area contributed by atoms with E-state index in [2.05, 4.69) is 27.9 Å². The Morgan fingerprint density at radius 1 is 1.19 bits per heavy atom. The van der Waals surface area contributed by atoms with E-state index in [0.29, 0.717) is 30.2 Å². The van der Waals surface area contributed by atoms with Crippen LogP contribution in [0.4, 0.5) is 17.5 Å². The monoisotopic (exact) mass is 437 g/mol. The van der Waals surface area contributed by atoms with E-state index in [-0.39, 0.29) is 12.0 Å². The van der Waals surface area contributed by atoms with E-state index in [1.807, 2.05) is 37.4 Å². The molecular weight excluding hydrogens is 402 g/mol. The molecule has 32 heavy (non-hydrogen) atoms. The number of hydrogen-bond acceptors (Lipinski definition) is 6. The lowest BCUT2D eigenvalue weighted by Crippen LogP contribution is -2.49. The molecule has 2 saturated carbocycles. The van der Waals surface area contributed by atoms with E-state index < -0.39 is 0 Å². The molecule has 172 valence electrons. The molecule has 1 aromatic carbocycles. The summed E-state index contributed by atoms with van der Waals surface area (Å²) in [6.07, 6.45) is 7.32. The lowest BCUT2D eigenvalue weighted by Gasteiger charge is -2.47. The maximum Gasteiger partial charge on any atom is 0.229 e. The molecule has 0 saturated heterocycles. The molecule has 2 aromatic rings. The largest absolute Gasteiger partial charge is 0.393 e. The van der Waals surface area contributed by atoms with E-state index in [1.54, 1.807) is 7.05 Å². The summed E-state index contributed by atoms with van der Waals surface area (Å²) in [6.45, 7) is 4.30. The minimum absolute atomic E-state index is 0.0197. The van der Waals surface area contributed by atoms with Crippen molar-refractivity contribution >= 4 is 23.4 Å². The van der Waals surface area contributed by atoms with Gasteiger partial charge in [-0.3, -0.25) is 4.79 Å². The van der Waals surface area contributed by atoms with Crippen LogP contribution in [0, 0.1) is 24.7 Å². The van der Waals surface area contributed by atoms with Crippen molar-refractivity contribution < 1.29 is 9.90 Å². The molecule has 0 spiro atoms. The van der Waals surface area contributed by atoms with Gasteiger partial charge in [-0.1, -0.05) is 25.5 Å². The van der Waals surface area contributed by atoms with Crippen LogP contribution < -0.4 is 16.0 Å². The second-order valence-corrected chi connectivity index (χ2v) is 9.46. The van der Waals surface area contributed by atoms with E-state index >= 15 is 0 Å². The highest BCUT2D eigenvalue weighted by Crippen LogP contribution is 2.45. The number of benzene rings is 1. The maximum atomic E-state index is 11.7. The second kappa shape index (κ2) is 9.86. The van der Waals surface area contributed by atoms with Gasteiger partial charge in [0.2, 0.25) is 11.9 Å². The van der Waals surface area contributed by atoms with Crippen LogP contribution in [-0.2, 0) is 11.2 Å². The fraction of sp³-hybridized carbons (Fsp3) is 0.560. The number of nitrogens with zero attached hydrogens (tertiary/aromatic N) is 2. The van der Waals surface area contributed by atoms with Gasteiger partial charge in [0.25, 0.3) is 0 Å². The molecule has 1 heterocycles.